The van der Waals surface area contributed by atoms with Crippen LogP contribution in [0.3, 0.4) is 0 Å². The molecule has 7 heteroatoms. The third-order valence-electron chi connectivity index (χ3n) is 5.05. The van der Waals surface area contributed by atoms with Gasteiger partial charge >= 0.3 is 6.03 Å². The van der Waals surface area contributed by atoms with Crippen LogP contribution in [0.25, 0.3) is 0 Å². The van der Waals surface area contributed by atoms with Crippen molar-refractivity contribution in [2.45, 2.75) is 64.2 Å². The van der Waals surface area contributed by atoms with E-state index in [1.165, 1.54) is 0 Å². The van der Waals surface area contributed by atoms with Crippen molar-refractivity contribution in [3.05, 3.63) is 35.4 Å². The Labute approximate surface area is 159 Å². The lowest BCUT2D eigenvalue weighted by molar-refractivity contribution is -0.125. The van der Waals surface area contributed by atoms with E-state index in [9.17, 15) is 14.4 Å². The van der Waals surface area contributed by atoms with Crippen molar-refractivity contribution in [1.29, 1.82) is 0 Å². The summed E-state index contributed by atoms with van der Waals surface area (Å²) in [6.45, 7) is 8.65. The van der Waals surface area contributed by atoms with Crippen LogP contribution < -0.4 is 16.0 Å². The summed E-state index contributed by atoms with van der Waals surface area (Å²) >= 11 is 0. The minimum absolute atomic E-state index is 0.00638. The van der Waals surface area contributed by atoms with Gasteiger partial charge in [0.15, 0.2) is 0 Å². The third kappa shape index (κ3) is 4.47. The SMILES string of the molecule is CC1(C)CC(NC(=O)c2ccccc2CN2C(=O)CNC2=O)CC(C)(C)N1. The molecule has 0 unspecified atom stereocenters. The first-order valence-electron chi connectivity index (χ1n) is 9.33. The van der Waals surface area contributed by atoms with Gasteiger partial charge in [0.25, 0.3) is 5.91 Å². The molecule has 1 aromatic rings. The van der Waals surface area contributed by atoms with Crippen molar-refractivity contribution < 1.29 is 14.4 Å². The maximum Gasteiger partial charge on any atom is 0.324 e. The summed E-state index contributed by atoms with van der Waals surface area (Å²) in [4.78, 5) is 37.8. The van der Waals surface area contributed by atoms with Gasteiger partial charge in [-0.2, -0.15) is 0 Å². The number of imide groups is 1. The van der Waals surface area contributed by atoms with Crippen molar-refractivity contribution in [1.82, 2.24) is 20.9 Å². The smallest absolute Gasteiger partial charge is 0.324 e. The molecule has 0 bridgehead atoms. The Morgan fingerprint density at radius 1 is 1.15 bits per heavy atom. The maximum atomic E-state index is 13.0. The Kier molecular flexibility index (Phi) is 4.99. The predicted molar refractivity (Wildman–Crippen MR) is 102 cm³/mol. The van der Waals surface area contributed by atoms with Crippen molar-refractivity contribution in [2.75, 3.05) is 6.54 Å². The molecule has 2 saturated heterocycles. The molecule has 2 heterocycles. The molecule has 4 amide bonds. The Morgan fingerprint density at radius 3 is 2.37 bits per heavy atom. The number of amides is 4. The minimum atomic E-state index is -0.419. The molecule has 0 aromatic heterocycles. The summed E-state index contributed by atoms with van der Waals surface area (Å²) < 4.78 is 0. The summed E-state index contributed by atoms with van der Waals surface area (Å²) in [5.74, 6) is -0.451. The molecule has 0 atom stereocenters. The number of benzene rings is 1. The van der Waals surface area contributed by atoms with Gasteiger partial charge in [0.1, 0.15) is 0 Å². The fraction of sp³-hybridized carbons (Fsp3) is 0.550. The molecule has 7 nitrogen and oxygen atoms in total. The number of nitrogens with one attached hydrogen (secondary N) is 3. The standard InChI is InChI=1S/C20H28N4O3/c1-19(2)9-14(10-20(3,4)23-19)22-17(26)15-8-6-5-7-13(15)12-24-16(25)11-21-18(24)27/h5-8,14,23H,9-12H2,1-4H3,(H,21,27)(H,22,26). The molecule has 2 aliphatic rings. The highest BCUT2D eigenvalue weighted by atomic mass is 16.2. The number of rotatable bonds is 4. The molecule has 2 fully saturated rings. The Bertz CT molecular complexity index is 740. The first-order valence-corrected chi connectivity index (χ1v) is 9.33. The number of carbonyl (C=O) groups excluding carboxylic acids is 3. The highest BCUT2D eigenvalue weighted by molar-refractivity contribution is 6.02. The van der Waals surface area contributed by atoms with Crippen molar-refractivity contribution in [2.24, 2.45) is 0 Å². The zero-order valence-corrected chi connectivity index (χ0v) is 16.4. The van der Waals surface area contributed by atoms with Crippen molar-refractivity contribution in [3.8, 4) is 0 Å². The molecule has 27 heavy (non-hydrogen) atoms. The number of nitrogens with zero attached hydrogens (tertiary/aromatic N) is 1. The Balaban J connectivity index is 1.75. The van der Waals surface area contributed by atoms with Crippen LogP contribution in [0.4, 0.5) is 4.79 Å². The molecule has 3 rings (SSSR count). The normalized spacial score (nSPS) is 21.9. The van der Waals surface area contributed by atoms with E-state index in [4.69, 9.17) is 0 Å². The van der Waals surface area contributed by atoms with Crippen molar-refractivity contribution in [3.63, 3.8) is 0 Å². The average molecular weight is 372 g/mol. The van der Waals surface area contributed by atoms with E-state index in [-0.39, 0.29) is 42.0 Å². The van der Waals surface area contributed by atoms with Crippen LogP contribution in [0.15, 0.2) is 24.3 Å². The molecule has 0 aliphatic carbocycles. The van der Waals surface area contributed by atoms with Crippen LogP contribution in [-0.4, -0.2) is 46.4 Å². The van der Waals surface area contributed by atoms with Gasteiger partial charge in [-0.1, -0.05) is 18.2 Å². The van der Waals surface area contributed by atoms with Gasteiger partial charge in [-0.3, -0.25) is 14.5 Å². The fourth-order valence-corrected chi connectivity index (χ4v) is 4.35. The van der Waals surface area contributed by atoms with Crippen LogP contribution in [0.2, 0.25) is 0 Å². The number of hydrogen-bond donors (Lipinski definition) is 3. The van der Waals surface area contributed by atoms with E-state index in [1.54, 1.807) is 24.3 Å². The van der Waals surface area contributed by atoms with Crippen LogP contribution in [0, 0.1) is 0 Å². The molecule has 3 N–H and O–H groups in total. The topological polar surface area (TPSA) is 90.5 Å². The van der Waals surface area contributed by atoms with Crippen molar-refractivity contribution >= 4 is 17.8 Å². The van der Waals surface area contributed by atoms with E-state index in [1.807, 2.05) is 0 Å². The van der Waals surface area contributed by atoms with E-state index >= 15 is 0 Å². The Morgan fingerprint density at radius 2 is 1.78 bits per heavy atom. The van der Waals surface area contributed by atoms with Gasteiger partial charge < -0.3 is 16.0 Å². The van der Waals surface area contributed by atoms with Gasteiger partial charge in [-0.15, -0.1) is 0 Å². The summed E-state index contributed by atoms with van der Waals surface area (Å²) in [6, 6.07) is 6.75. The molecule has 0 saturated carbocycles. The molecular formula is C20H28N4O3. The molecular weight excluding hydrogens is 344 g/mol. The van der Waals surface area contributed by atoms with E-state index in [2.05, 4.69) is 43.6 Å². The Hall–Kier alpha value is -2.41. The van der Waals surface area contributed by atoms with Gasteiger partial charge in [0, 0.05) is 22.7 Å². The van der Waals surface area contributed by atoms with Crippen LogP contribution in [0.1, 0.15) is 56.5 Å². The van der Waals surface area contributed by atoms with Crippen LogP contribution in [0.5, 0.6) is 0 Å². The van der Waals surface area contributed by atoms with Gasteiger partial charge in [0.2, 0.25) is 5.91 Å². The zero-order valence-electron chi connectivity index (χ0n) is 16.4. The monoisotopic (exact) mass is 372 g/mol. The number of urea groups is 1. The molecule has 2 aliphatic heterocycles. The lowest BCUT2D eigenvalue weighted by Gasteiger charge is -2.46. The quantitative estimate of drug-likeness (QED) is 0.703. The van der Waals surface area contributed by atoms with E-state index in [0.717, 1.165) is 17.7 Å². The van der Waals surface area contributed by atoms with Gasteiger partial charge in [-0.05, 0) is 52.2 Å². The van der Waals surface area contributed by atoms with E-state index < -0.39 is 6.03 Å². The van der Waals surface area contributed by atoms with Gasteiger partial charge in [0.05, 0.1) is 13.1 Å². The number of piperidine rings is 1. The molecule has 0 radical (unpaired) electrons. The zero-order chi connectivity index (χ0) is 19.8. The van der Waals surface area contributed by atoms with Gasteiger partial charge in [-0.25, -0.2) is 4.79 Å². The number of hydrogen-bond acceptors (Lipinski definition) is 4. The summed E-state index contributed by atoms with van der Waals surface area (Å²) in [7, 11) is 0. The molecule has 0 spiro atoms. The average Bonchev–Trinajstić information content (AvgIpc) is 2.84. The minimum Gasteiger partial charge on any atom is -0.349 e. The summed E-state index contributed by atoms with van der Waals surface area (Å²) in [5.41, 5.74) is 1.02. The largest absolute Gasteiger partial charge is 0.349 e. The second-order valence-corrected chi connectivity index (χ2v) is 8.77. The highest BCUT2D eigenvalue weighted by Crippen LogP contribution is 2.28. The summed E-state index contributed by atoms with van der Waals surface area (Å²) in [6.07, 6.45) is 1.66. The lowest BCUT2D eigenvalue weighted by Crippen LogP contribution is -2.62. The highest BCUT2D eigenvalue weighted by Gasteiger charge is 2.38. The van der Waals surface area contributed by atoms with E-state index in [0.29, 0.717) is 11.1 Å². The second-order valence-electron chi connectivity index (χ2n) is 8.77. The first-order chi connectivity index (χ1) is 12.6. The van der Waals surface area contributed by atoms with Crippen LogP contribution in [-0.2, 0) is 11.3 Å². The fourth-order valence-electron chi connectivity index (χ4n) is 4.35. The van der Waals surface area contributed by atoms with Crippen LogP contribution >= 0.6 is 0 Å². The summed E-state index contributed by atoms with van der Waals surface area (Å²) in [5, 5.41) is 9.26. The number of carbonyl (C=O) groups is 3. The first kappa shape index (κ1) is 19.4. The predicted octanol–water partition coefficient (Wildman–Crippen LogP) is 1.78. The second kappa shape index (κ2) is 6.96. The lowest BCUT2D eigenvalue weighted by atomic mass is 9.79. The third-order valence-corrected chi connectivity index (χ3v) is 5.05. The molecule has 1 aromatic carbocycles. The molecule has 146 valence electrons. The maximum absolute atomic E-state index is 13.0.